The van der Waals surface area contributed by atoms with Crippen LogP contribution in [0.2, 0.25) is 0 Å². The highest BCUT2D eigenvalue weighted by molar-refractivity contribution is 5.77. The Morgan fingerprint density at radius 2 is 2.00 bits per heavy atom. The lowest BCUT2D eigenvalue weighted by Gasteiger charge is -2.37. The maximum Gasteiger partial charge on any atom is 0.261 e. The summed E-state index contributed by atoms with van der Waals surface area (Å²) in [6.45, 7) is 6.66. The van der Waals surface area contributed by atoms with Crippen LogP contribution in [0.1, 0.15) is 12.2 Å². The topological polar surface area (TPSA) is 50.6 Å². The maximum absolute atomic E-state index is 12.5. The highest BCUT2D eigenvalue weighted by atomic mass is 16.5. The zero-order valence-corrected chi connectivity index (χ0v) is 14.1. The Kier molecular flexibility index (Phi) is 4.35. The van der Waals surface area contributed by atoms with Crippen molar-refractivity contribution in [1.29, 1.82) is 0 Å². The summed E-state index contributed by atoms with van der Waals surface area (Å²) in [5.74, 6) is 0.844. The monoisotopic (exact) mass is 328 g/mol. The van der Waals surface area contributed by atoms with Crippen molar-refractivity contribution in [1.82, 2.24) is 19.4 Å². The zero-order valence-electron chi connectivity index (χ0n) is 14.1. The van der Waals surface area contributed by atoms with Crippen molar-refractivity contribution in [3.63, 3.8) is 0 Å². The van der Waals surface area contributed by atoms with Gasteiger partial charge in [-0.05, 0) is 18.6 Å². The molecule has 4 rings (SSSR count). The summed E-state index contributed by atoms with van der Waals surface area (Å²) in [4.78, 5) is 22.1. The molecular weight excluding hydrogens is 304 g/mol. The molecule has 2 aliphatic heterocycles. The summed E-state index contributed by atoms with van der Waals surface area (Å²) in [5.41, 5.74) is 0.828. The highest BCUT2D eigenvalue weighted by Crippen LogP contribution is 2.16. The lowest BCUT2D eigenvalue weighted by atomic mass is 10.2. The molecule has 0 amide bonds. The van der Waals surface area contributed by atoms with E-state index >= 15 is 0 Å². The summed E-state index contributed by atoms with van der Waals surface area (Å²) >= 11 is 0. The number of hydrogen-bond acceptors (Lipinski definition) is 5. The Labute approximate surface area is 141 Å². The van der Waals surface area contributed by atoms with Crippen LogP contribution in [0, 0.1) is 0 Å². The van der Waals surface area contributed by atoms with Crippen LogP contribution in [-0.4, -0.2) is 64.8 Å². The van der Waals surface area contributed by atoms with Gasteiger partial charge in [-0.3, -0.25) is 19.2 Å². The number of piperazine rings is 1. The maximum atomic E-state index is 12.5. The molecule has 24 heavy (non-hydrogen) atoms. The van der Waals surface area contributed by atoms with E-state index in [9.17, 15) is 4.79 Å². The van der Waals surface area contributed by atoms with Crippen molar-refractivity contribution >= 4 is 10.9 Å². The largest absolute Gasteiger partial charge is 0.380 e. The molecule has 0 N–H and O–H groups in total. The van der Waals surface area contributed by atoms with Gasteiger partial charge in [0.15, 0.2) is 0 Å². The Hall–Kier alpha value is -1.76. The first-order valence-electron chi connectivity index (χ1n) is 8.71. The molecule has 3 heterocycles. The van der Waals surface area contributed by atoms with Crippen LogP contribution in [0.3, 0.4) is 0 Å². The third-order valence-electron chi connectivity index (χ3n) is 5.27. The molecule has 0 aliphatic carbocycles. The van der Waals surface area contributed by atoms with Gasteiger partial charge in [0.25, 0.3) is 5.56 Å². The first kappa shape index (κ1) is 15.7. The molecule has 0 unspecified atom stereocenters. The van der Waals surface area contributed by atoms with E-state index in [0.717, 1.165) is 63.7 Å². The number of nitrogens with zero attached hydrogens (tertiary/aromatic N) is 4. The fourth-order valence-electron chi connectivity index (χ4n) is 3.70. The highest BCUT2D eigenvalue weighted by Gasteiger charge is 2.27. The SMILES string of the molecule is Cn1c(CN2CCN([C@H]3CCOC3)CC2)nc2ccccc2c1=O. The van der Waals surface area contributed by atoms with Gasteiger partial charge in [-0.1, -0.05) is 12.1 Å². The summed E-state index contributed by atoms with van der Waals surface area (Å²) in [7, 11) is 1.82. The van der Waals surface area contributed by atoms with Gasteiger partial charge in [0.1, 0.15) is 5.82 Å². The molecule has 2 saturated heterocycles. The molecule has 1 aromatic heterocycles. The Balaban J connectivity index is 1.47. The molecule has 128 valence electrons. The number of para-hydroxylation sites is 1. The van der Waals surface area contributed by atoms with Crippen molar-refractivity contribution < 1.29 is 4.74 Å². The molecular formula is C18H24N4O2. The van der Waals surface area contributed by atoms with E-state index in [-0.39, 0.29) is 5.56 Å². The normalized spacial score (nSPS) is 23.1. The lowest BCUT2D eigenvalue weighted by molar-refractivity contribution is 0.0797. The van der Waals surface area contributed by atoms with E-state index in [2.05, 4.69) is 9.80 Å². The van der Waals surface area contributed by atoms with Crippen LogP contribution in [-0.2, 0) is 18.3 Å². The first-order chi connectivity index (χ1) is 11.7. The lowest BCUT2D eigenvalue weighted by Crippen LogP contribution is -2.50. The van der Waals surface area contributed by atoms with Crippen LogP contribution >= 0.6 is 0 Å². The van der Waals surface area contributed by atoms with E-state index in [1.807, 2.05) is 31.3 Å². The quantitative estimate of drug-likeness (QED) is 0.836. The molecule has 2 aliphatic rings. The van der Waals surface area contributed by atoms with Crippen LogP contribution < -0.4 is 5.56 Å². The molecule has 0 saturated carbocycles. The van der Waals surface area contributed by atoms with Crippen molar-refractivity contribution in [2.75, 3.05) is 39.4 Å². The van der Waals surface area contributed by atoms with E-state index in [1.54, 1.807) is 4.57 Å². The van der Waals surface area contributed by atoms with Crippen LogP contribution in [0.25, 0.3) is 10.9 Å². The minimum absolute atomic E-state index is 0.0392. The molecule has 0 spiro atoms. The van der Waals surface area contributed by atoms with Gasteiger partial charge in [0.05, 0.1) is 24.1 Å². The van der Waals surface area contributed by atoms with Gasteiger partial charge in [0, 0.05) is 45.9 Å². The van der Waals surface area contributed by atoms with Crippen molar-refractivity contribution in [3.8, 4) is 0 Å². The molecule has 6 nitrogen and oxygen atoms in total. The number of hydrogen-bond donors (Lipinski definition) is 0. The van der Waals surface area contributed by atoms with Crippen molar-refractivity contribution in [2.24, 2.45) is 7.05 Å². The second kappa shape index (κ2) is 6.63. The van der Waals surface area contributed by atoms with E-state index in [0.29, 0.717) is 11.4 Å². The predicted molar refractivity (Wildman–Crippen MR) is 93.1 cm³/mol. The number of rotatable bonds is 3. The Morgan fingerprint density at radius 3 is 2.75 bits per heavy atom. The second-order valence-corrected chi connectivity index (χ2v) is 6.74. The fourth-order valence-corrected chi connectivity index (χ4v) is 3.70. The Morgan fingerprint density at radius 1 is 1.21 bits per heavy atom. The number of benzene rings is 1. The first-order valence-corrected chi connectivity index (χ1v) is 8.71. The van der Waals surface area contributed by atoms with Crippen molar-refractivity contribution in [3.05, 3.63) is 40.4 Å². The zero-order chi connectivity index (χ0) is 16.5. The standard InChI is InChI=1S/C18H24N4O2/c1-20-17(19-16-5-3-2-4-15(16)18(20)23)12-21-7-9-22(10-8-21)14-6-11-24-13-14/h2-5,14H,6-13H2,1H3/t14-/m0/s1. The van der Waals surface area contributed by atoms with Crippen molar-refractivity contribution in [2.45, 2.75) is 19.0 Å². The minimum Gasteiger partial charge on any atom is -0.380 e. The number of ether oxygens (including phenoxy) is 1. The third-order valence-corrected chi connectivity index (χ3v) is 5.27. The van der Waals surface area contributed by atoms with Crippen LogP contribution in [0.5, 0.6) is 0 Å². The van der Waals surface area contributed by atoms with Gasteiger partial charge in [0.2, 0.25) is 0 Å². The minimum atomic E-state index is 0.0392. The van der Waals surface area contributed by atoms with Gasteiger partial charge >= 0.3 is 0 Å². The average molecular weight is 328 g/mol. The van der Waals surface area contributed by atoms with Gasteiger partial charge < -0.3 is 4.74 Å². The fraction of sp³-hybridized carbons (Fsp3) is 0.556. The molecule has 2 aromatic rings. The second-order valence-electron chi connectivity index (χ2n) is 6.74. The molecule has 0 radical (unpaired) electrons. The average Bonchev–Trinajstić information content (AvgIpc) is 3.15. The summed E-state index contributed by atoms with van der Waals surface area (Å²) in [5, 5.41) is 0.690. The molecule has 0 bridgehead atoms. The molecule has 6 heteroatoms. The molecule has 2 fully saturated rings. The summed E-state index contributed by atoms with van der Waals surface area (Å²) in [6.07, 6.45) is 1.15. The van der Waals surface area contributed by atoms with Gasteiger partial charge in [-0.25, -0.2) is 4.98 Å². The van der Waals surface area contributed by atoms with E-state index in [1.165, 1.54) is 0 Å². The van der Waals surface area contributed by atoms with E-state index < -0.39 is 0 Å². The Bertz CT molecular complexity index is 774. The summed E-state index contributed by atoms with van der Waals surface area (Å²) in [6, 6.07) is 8.17. The number of fused-ring (bicyclic) bond motifs is 1. The third kappa shape index (κ3) is 2.97. The smallest absolute Gasteiger partial charge is 0.261 e. The van der Waals surface area contributed by atoms with Gasteiger partial charge in [-0.15, -0.1) is 0 Å². The van der Waals surface area contributed by atoms with Gasteiger partial charge in [-0.2, -0.15) is 0 Å². The predicted octanol–water partition coefficient (Wildman–Crippen LogP) is 0.840. The van der Waals surface area contributed by atoms with Crippen LogP contribution in [0.4, 0.5) is 0 Å². The molecule has 1 atom stereocenters. The van der Waals surface area contributed by atoms with Crippen LogP contribution in [0.15, 0.2) is 29.1 Å². The number of aromatic nitrogens is 2. The van der Waals surface area contributed by atoms with E-state index in [4.69, 9.17) is 9.72 Å². The molecule has 1 aromatic carbocycles. The summed E-state index contributed by atoms with van der Waals surface area (Å²) < 4.78 is 7.19.